The maximum Gasteiger partial charge on any atom is 0.270 e. The Kier molecular flexibility index (Phi) is 4.47. The van der Waals surface area contributed by atoms with E-state index in [9.17, 15) is 14.9 Å². The van der Waals surface area contributed by atoms with Crippen LogP contribution in [0.25, 0.3) is 17.3 Å². The quantitative estimate of drug-likeness (QED) is 0.309. The van der Waals surface area contributed by atoms with Gasteiger partial charge in [0.15, 0.2) is 5.78 Å². The summed E-state index contributed by atoms with van der Waals surface area (Å²) < 4.78 is 1.66. The summed E-state index contributed by atoms with van der Waals surface area (Å²) >= 11 is 0. The van der Waals surface area contributed by atoms with E-state index in [1.807, 2.05) is 12.1 Å². The minimum Gasteiger partial charge on any atom is -0.289 e. The summed E-state index contributed by atoms with van der Waals surface area (Å²) in [6.45, 7) is 0. The van der Waals surface area contributed by atoms with Crippen molar-refractivity contribution in [1.82, 2.24) is 14.8 Å². The van der Waals surface area contributed by atoms with Crippen molar-refractivity contribution in [3.63, 3.8) is 0 Å². The van der Waals surface area contributed by atoms with E-state index in [4.69, 9.17) is 0 Å². The zero-order valence-electron chi connectivity index (χ0n) is 13.4. The molecule has 3 rings (SSSR count). The molecule has 0 saturated carbocycles. The first kappa shape index (κ1) is 16.3. The van der Waals surface area contributed by atoms with Crippen LogP contribution in [0.4, 0.5) is 5.69 Å². The van der Waals surface area contributed by atoms with E-state index >= 15 is 0 Å². The van der Waals surface area contributed by atoms with Crippen LogP contribution in [0, 0.1) is 10.1 Å². The lowest BCUT2D eigenvalue weighted by Gasteiger charge is -1.98. The van der Waals surface area contributed by atoms with Crippen molar-refractivity contribution in [3.05, 3.63) is 82.3 Å². The van der Waals surface area contributed by atoms with Crippen molar-refractivity contribution in [2.45, 2.75) is 0 Å². The van der Waals surface area contributed by atoms with Crippen molar-refractivity contribution in [3.8, 4) is 11.3 Å². The molecule has 0 N–H and O–H groups in total. The largest absolute Gasteiger partial charge is 0.289 e. The number of allylic oxidation sites excluding steroid dienone is 1. The van der Waals surface area contributed by atoms with Crippen LogP contribution < -0.4 is 0 Å². The fourth-order valence-electron chi connectivity index (χ4n) is 2.40. The third kappa shape index (κ3) is 3.66. The summed E-state index contributed by atoms with van der Waals surface area (Å²) in [4.78, 5) is 26.6. The number of nitrogens with zero attached hydrogens (tertiary/aromatic N) is 4. The summed E-state index contributed by atoms with van der Waals surface area (Å²) in [5.74, 6) is -0.312. The lowest BCUT2D eigenvalue weighted by molar-refractivity contribution is -0.384. The Morgan fingerprint density at radius 3 is 2.72 bits per heavy atom. The molecule has 1 aromatic carbocycles. The molecule has 0 amide bonds. The van der Waals surface area contributed by atoms with Crippen LogP contribution in [-0.4, -0.2) is 25.5 Å². The molecule has 3 aromatic rings. The zero-order valence-corrected chi connectivity index (χ0v) is 13.4. The Hall–Kier alpha value is -3.61. The first-order valence-electron chi connectivity index (χ1n) is 7.45. The number of hydrogen-bond acceptors (Lipinski definition) is 5. The van der Waals surface area contributed by atoms with Gasteiger partial charge in [0.05, 0.1) is 10.6 Å². The van der Waals surface area contributed by atoms with Crippen LogP contribution in [0.5, 0.6) is 0 Å². The molecule has 0 aliphatic rings. The summed E-state index contributed by atoms with van der Waals surface area (Å²) in [5.41, 5.74) is 2.54. The fourth-order valence-corrected chi connectivity index (χ4v) is 2.40. The van der Waals surface area contributed by atoms with Gasteiger partial charge in [-0.2, -0.15) is 5.10 Å². The predicted molar refractivity (Wildman–Crippen MR) is 92.9 cm³/mol. The number of carbonyl (C=O) groups is 1. The third-order valence-electron chi connectivity index (χ3n) is 3.57. The Bertz CT molecular complexity index is 961. The molecule has 2 heterocycles. The smallest absolute Gasteiger partial charge is 0.270 e. The molecule has 2 aromatic heterocycles. The van der Waals surface area contributed by atoms with Crippen molar-refractivity contribution in [2.75, 3.05) is 0 Å². The molecular weight excluding hydrogens is 320 g/mol. The Labute approximate surface area is 143 Å². The summed E-state index contributed by atoms with van der Waals surface area (Å²) in [5, 5.41) is 15.2. The van der Waals surface area contributed by atoms with Crippen molar-refractivity contribution >= 4 is 17.5 Å². The number of ketones is 1. The molecule has 0 saturated heterocycles. The maximum absolute atomic E-state index is 12.3. The van der Waals surface area contributed by atoms with Gasteiger partial charge in [-0.1, -0.05) is 12.1 Å². The molecule has 0 radical (unpaired) electrons. The lowest BCUT2D eigenvalue weighted by Crippen LogP contribution is -1.96. The first-order chi connectivity index (χ1) is 12.0. The van der Waals surface area contributed by atoms with Gasteiger partial charge in [-0.3, -0.25) is 24.6 Å². The SMILES string of the molecule is Cn1cc(/C=C/C(=O)c2cccc([N+](=O)[O-])c2)c(-c2ccncc2)n1. The Morgan fingerprint density at radius 1 is 1.24 bits per heavy atom. The van der Waals surface area contributed by atoms with Gasteiger partial charge in [-0.05, 0) is 24.3 Å². The summed E-state index contributed by atoms with van der Waals surface area (Å²) in [6, 6.07) is 9.32. The molecule has 0 unspecified atom stereocenters. The molecule has 0 spiro atoms. The second kappa shape index (κ2) is 6.88. The molecule has 0 aliphatic heterocycles. The Morgan fingerprint density at radius 2 is 2.00 bits per heavy atom. The number of pyridine rings is 1. The number of carbonyl (C=O) groups excluding carboxylic acids is 1. The average Bonchev–Trinajstić information content (AvgIpc) is 3.01. The number of aryl methyl sites for hydroxylation is 1. The second-order valence-electron chi connectivity index (χ2n) is 5.35. The van der Waals surface area contributed by atoms with E-state index in [2.05, 4.69) is 10.1 Å². The zero-order chi connectivity index (χ0) is 17.8. The number of benzene rings is 1. The normalized spacial score (nSPS) is 10.9. The highest BCUT2D eigenvalue weighted by Gasteiger charge is 2.11. The van der Waals surface area contributed by atoms with Crippen LogP contribution in [0.3, 0.4) is 0 Å². The molecule has 7 nitrogen and oxygen atoms in total. The predicted octanol–water partition coefficient (Wildman–Crippen LogP) is 3.29. The molecule has 7 heteroatoms. The molecule has 25 heavy (non-hydrogen) atoms. The number of nitro benzene ring substituents is 1. The van der Waals surface area contributed by atoms with Gasteiger partial charge < -0.3 is 0 Å². The molecule has 0 fully saturated rings. The lowest BCUT2D eigenvalue weighted by atomic mass is 10.1. The second-order valence-corrected chi connectivity index (χ2v) is 5.35. The molecular formula is C18H14N4O3. The van der Waals surface area contributed by atoms with E-state index in [-0.39, 0.29) is 17.0 Å². The van der Waals surface area contributed by atoms with Gasteiger partial charge in [0.25, 0.3) is 5.69 Å². The van der Waals surface area contributed by atoms with Crippen molar-refractivity contribution in [2.24, 2.45) is 7.05 Å². The number of rotatable bonds is 5. The highest BCUT2D eigenvalue weighted by molar-refractivity contribution is 6.07. The molecule has 0 aliphatic carbocycles. The summed E-state index contributed by atoms with van der Waals surface area (Å²) in [7, 11) is 1.80. The van der Waals surface area contributed by atoms with Crippen LogP contribution >= 0.6 is 0 Å². The van der Waals surface area contributed by atoms with E-state index < -0.39 is 4.92 Å². The fraction of sp³-hybridized carbons (Fsp3) is 0.0556. The number of non-ortho nitro benzene ring substituents is 1. The highest BCUT2D eigenvalue weighted by atomic mass is 16.6. The number of aromatic nitrogens is 3. The van der Waals surface area contributed by atoms with Crippen LogP contribution in [0.1, 0.15) is 15.9 Å². The van der Waals surface area contributed by atoms with Crippen molar-refractivity contribution in [1.29, 1.82) is 0 Å². The molecule has 0 atom stereocenters. The first-order valence-corrected chi connectivity index (χ1v) is 7.45. The van der Waals surface area contributed by atoms with Gasteiger partial charge in [0.2, 0.25) is 0 Å². The topological polar surface area (TPSA) is 90.9 Å². The third-order valence-corrected chi connectivity index (χ3v) is 3.57. The molecule has 124 valence electrons. The number of hydrogen-bond donors (Lipinski definition) is 0. The van der Waals surface area contributed by atoms with Gasteiger partial charge in [0.1, 0.15) is 0 Å². The van der Waals surface area contributed by atoms with Crippen molar-refractivity contribution < 1.29 is 9.72 Å². The van der Waals surface area contributed by atoms with E-state index in [1.165, 1.54) is 24.3 Å². The monoisotopic (exact) mass is 334 g/mol. The van der Waals surface area contributed by atoms with Gasteiger partial charge in [0, 0.05) is 54.5 Å². The summed E-state index contributed by atoms with van der Waals surface area (Å²) in [6.07, 6.45) is 8.19. The minimum atomic E-state index is -0.525. The number of nitro groups is 1. The van der Waals surface area contributed by atoms with Crippen LogP contribution in [-0.2, 0) is 7.05 Å². The highest BCUT2D eigenvalue weighted by Crippen LogP contribution is 2.22. The van der Waals surface area contributed by atoms with Gasteiger partial charge >= 0.3 is 0 Å². The van der Waals surface area contributed by atoms with E-state index in [0.717, 1.165) is 16.8 Å². The van der Waals surface area contributed by atoms with Crippen LogP contribution in [0.15, 0.2) is 61.1 Å². The van der Waals surface area contributed by atoms with Gasteiger partial charge in [-0.15, -0.1) is 0 Å². The van der Waals surface area contributed by atoms with Crippen LogP contribution in [0.2, 0.25) is 0 Å². The standard InChI is InChI=1S/C18H14N4O3/c1-21-12-15(18(20-21)13-7-9-19-10-8-13)5-6-17(23)14-3-2-4-16(11-14)22(24)25/h2-12H,1H3/b6-5+. The Balaban J connectivity index is 1.89. The minimum absolute atomic E-state index is 0.113. The molecule has 0 bridgehead atoms. The van der Waals surface area contributed by atoms with E-state index in [0.29, 0.717) is 0 Å². The maximum atomic E-state index is 12.3. The van der Waals surface area contributed by atoms with E-state index in [1.54, 1.807) is 42.5 Å². The van der Waals surface area contributed by atoms with Gasteiger partial charge in [-0.25, -0.2) is 0 Å². The average molecular weight is 334 g/mol.